The molecule has 2 aliphatic heterocycles. The SMILES string of the molecule is CCCN1C(=O)C(CC(C)C)NC(=O)C12CCN(Cc1nc3ccccc3n1C)CC2. The van der Waals surface area contributed by atoms with E-state index in [-0.39, 0.29) is 17.9 Å². The quantitative estimate of drug-likeness (QED) is 0.773. The number of benzene rings is 1. The molecule has 31 heavy (non-hydrogen) atoms. The van der Waals surface area contributed by atoms with Crippen LogP contribution in [-0.4, -0.2) is 62.4 Å². The maximum absolute atomic E-state index is 13.3. The predicted octanol–water partition coefficient (Wildman–Crippen LogP) is 2.69. The van der Waals surface area contributed by atoms with E-state index in [1.807, 2.05) is 23.1 Å². The maximum Gasteiger partial charge on any atom is 0.246 e. The molecule has 0 radical (unpaired) electrons. The van der Waals surface area contributed by atoms with Crippen molar-refractivity contribution in [3.05, 3.63) is 30.1 Å². The molecule has 2 aliphatic rings. The number of fused-ring (bicyclic) bond motifs is 1. The van der Waals surface area contributed by atoms with E-state index < -0.39 is 5.54 Å². The molecule has 7 heteroatoms. The van der Waals surface area contributed by atoms with E-state index in [1.54, 1.807) is 0 Å². The summed E-state index contributed by atoms with van der Waals surface area (Å²) in [6.45, 7) is 9.21. The number of amides is 2. The number of carbonyl (C=O) groups is 2. The molecular formula is C24H35N5O2. The normalized spacial score (nSPS) is 22.0. The van der Waals surface area contributed by atoms with Gasteiger partial charge in [-0.2, -0.15) is 0 Å². The molecule has 2 aromatic rings. The van der Waals surface area contributed by atoms with Gasteiger partial charge in [0.15, 0.2) is 0 Å². The van der Waals surface area contributed by atoms with Crippen molar-refractivity contribution in [3.8, 4) is 0 Å². The van der Waals surface area contributed by atoms with E-state index in [2.05, 4.69) is 48.7 Å². The van der Waals surface area contributed by atoms with Gasteiger partial charge in [0.05, 0.1) is 17.6 Å². The lowest BCUT2D eigenvalue weighted by molar-refractivity contribution is -0.161. The molecule has 1 aromatic carbocycles. The molecule has 1 aromatic heterocycles. The Balaban J connectivity index is 1.49. The number of nitrogens with one attached hydrogen (secondary N) is 1. The lowest BCUT2D eigenvalue weighted by atomic mass is 9.81. The fourth-order valence-corrected chi connectivity index (χ4v) is 5.17. The second-order valence-electron chi connectivity index (χ2n) is 9.53. The molecular weight excluding hydrogens is 390 g/mol. The Kier molecular flexibility index (Phi) is 6.06. The third-order valence-electron chi connectivity index (χ3n) is 6.89. The van der Waals surface area contributed by atoms with Crippen LogP contribution in [0.4, 0.5) is 0 Å². The number of piperidine rings is 1. The minimum atomic E-state index is -0.705. The summed E-state index contributed by atoms with van der Waals surface area (Å²) in [4.78, 5) is 35.6. The summed E-state index contributed by atoms with van der Waals surface area (Å²) >= 11 is 0. The Morgan fingerprint density at radius 1 is 1.19 bits per heavy atom. The first-order chi connectivity index (χ1) is 14.9. The minimum absolute atomic E-state index is 0.0357. The average molecular weight is 426 g/mol. The van der Waals surface area contributed by atoms with Crippen LogP contribution in [0.5, 0.6) is 0 Å². The Labute approximate surface area is 184 Å². The standard InChI is InChI=1S/C24H35N5O2/c1-5-12-29-22(30)19(15-17(2)3)26-23(31)24(29)10-13-28(14-11-24)16-21-25-18-8-6-7-9-20(18)27(21)4/h6-9,17,19H,5,10-16H2,1-4H3,(H,26,31). The number of rotatable bonds is 6. The summed E-state index contributed by atoms with van der Waals surface area (Å²) in [5, 5.41) is 3.07. The molecule has 0 bridgehead atoms. The molecule has 1 unspecified atom stereocenters. The van der Waals surface area contributed by atoms with Crippen LogP contribution in [0.1, 0.15) is 52.3 Å². The van der Waals surface area contributed by atoms with Crippen LogP contribution in [0.15, 0.2) is 24.3 Å². The molecule has 4 rings (SSSR count). The van der Waals surface area contributed by atoms with Crippen molar-refractivity contribution < 1.29 is 9.59 Å². The summed E-state index contributed by atoms with van der Waals surface area (Å²) in [7, 11) is 2.06. The first-order valence-electron chi connectivity index (χ1n) is 11.6. The monoisotopic (exact) mass is 425 g/mol. The summed E-state index contributed by atoms with van der Waals surface area (Å²) in [5.41, 5.74) is 1.44. The summed E-state index contributed by atoms with van der Waals surface area (Å²) in [5.74, 6) is 1.53. The van der Waals surface area contributed by atoms with Crippen molar-refractivity contribution in [1.29, 1.82) is 0 Å². The van der Waals surface area contributed by atoms with E-state index in [0.717, 1.165) is 42.9 Å². The van der Waals surface area contributed by atoms with E-state index in [4.69, 9.17) is 4.98 Å². The van der Waals surface area contributed by atoms with E-state index in [1.165, 1.54) is 0 Å². The molecule has 168 valence electrons. The Morgan fingerprint density at radius 2 is 1.90 bits per heavy atom. The number of nitrogens with zero attached hydrogens (tertiary/aromatic N) is 4. The van der Waals surface area contributed by atoms with Gasteiger partial charge in [-0.25, -0.2) is 4.98 Å². The molecule has 1 N–H and O–H groups in total. The fourth-order valence-electron chi connectivity index (χ4n) is 5.17. The zero-order valence-electron chi connectivity index (χ0n) is 19.2. The highest BCUT2D eigenvalue weighted by molar-refractivity contribution is 6.00. The highest BCUT2D eigenvalue weighted by Gasteiger charge is 2.53. The maximum atomic E-state index is 13.3. The fraction of sp³-hybridized carbons (Fsp3) is 0.625. The van der Waals surface area contributed by atoms with Gasteiger partial charge in [-0.1, -0.05) is 32.9 Å². The zero-order chi connectivity index (χ0) is 22.2. The Hall–Kier alpha value is -2.41. The first kappa shape index (κ1) is 21.8. The molecule has 0 aliphatic carbocycles. The van der Waals surface area contributed by atoms with Gasteiger partial charge in [0.2, 0.25) is 11.8 Å². The lowest BCUT2D eigenvalue weighted by Crippen LogP contribution is -2.73. The molecule has 3 heterocycles. The third-order valence-corrected chi connectivity index (χ3v) is 6.89. The van der Waals surface area contributed by atoms with Crippen molar-refractivity contribution in [2.45, 2.75) is 64.6 Å². The van der Waals surface area contributed by atoms with Gasteiger partial charge in [-0.05, 0) is 43.7 Å². The Bertz CT molecular complexity index is 958. The van der Waals surface area contributed by atoms with Crippen LogP contribution < -0.4 is 5.32 Å². The number of carbonyl (C=O) groups excluding carboxylic acids is 2. The highest BCUT2D eigenvalue weighted by atomic mass is 16.2. The number of hydrogen-bond donors (Lipinski definition) is 1. The summed E-state index contributed by atoms with van der Waals surface area (Å²) in [6.07, 6.45) is 2.89. The number of aromatic nitrogens is 2. The van der Waals surface area contributed by atoms with Crippen LogP contribution >= 0.6 is 0 Å². The zero-order valence-corrected chi connectivity index (χ0v) is 19.2. The number of para-hydroxylation sites is 2. The number of likely N-dealkylation sites (tertiary alicyclic amines) is 1. The highest BCUT2D eigenvalue weighted by Crippen LogP contribution is 2.34. The number of aryl methyl sites for hydroxylation is 1. The summed E-state index contributed by atoms with van der Waals surface area (Å²) in [6, 6.07) is 7.79. The van der Waals surface area contributed by atoms with Crippen molar-refractivity contribution in [1.82, 2.24) is 24.7 Å². The Morgan fingerprint density at radius 3 is 2.55 bits per heavy atom. The molecule has 2 saturated heterocycles. The van der Waals surface area contributed by atoms with Crippen molar-refractivity contribution >= 4 is 22.8 Å². The van der Waals surface area contributed by atoms with Crippen LogP contribution in [-0.2, 0) is 23.2 Å². The van der Waals surface area contributed by atoms with Gasteiger partial charge in [0.1, 0.15) is 17.4 Å². The minimum Gasteiger partial charge on any atom is -0.342 e. The largest absolute Gasteiger partial charge is 0.342 e. The van der Waals surface area contributed by atoms with Gasteiger partial charge in [-0.15, -0.1) is 0 Å². The van der Waals surface area contributed by atoms with Gasteiger partial charge >= 0.3 is 0 Å². The van der Waals surface area contributed by atoms with Crippen LogP contribution in [0, 0.1) is 5.92 Å². The molecule has 2 amide bonds. The van der Waals surface area contributed by atoms with Crippen molar-refractivity contribution in [3.63, 3.8) is 0 Å². The van der Waals surface area contributed by atoms with Gasteiger partial charge in [0.25, 0.3) is 0 Å². The van der Waals surface area contributed by atoms with Crippen LogP contribution in [0.25, 0.3) is 11.0 Å². The molecule has 2 fully saturated rings. The summed E-state index contributed by atoms with van der Waals surface area (Å²) < 4.78 is 2.15. The van der Waals surface area contributed by atoms with Crippen LogP contribution in [0.2, 0.25) is 0 Å². The average Bonchev–Trinajstić information content (AvgIpc) is 3.06. The second-order valence-corrected chi connectivity index (χ2v) is 9.53. The van der Waals surface area contributed by atoms with Crippen LogP contribution in [0.3, 0.4) is 0 Å². The number of piperazine rings is 1. The third kappa shape index (κ3) is 3.95. The number of hydrogen-bond acceptors (Lipinski definition) is 4. The molecule has 0 saturated carbocycles. The van der Waals surface area contributed by atoms with Gasteiger partial charge in [0, 0.05) is 26.7 Å². The second kappa shape index (κ2) is 8.61. The van der Waals surface area contributed by atoms with E-state index in [0.29, 0.717) is 31.7 Å². The predicted molar refractivity (Wildman–Crippen MR) is 121 cm³/mol. The molecule has 1 atom stereocenters. The van der Waals surface area contributed by atoms with E-state index >= 15 is 0 Å². The van der Waals surface area contributed by atoms with Gasteiger partial charge in [-0.3, -0.25) is 14.5 Å². The smallest absolute Gasteiger partial charge is 0.246 e. The first-order valence-corrected chi connectivity index (χ1v) is 11.6. The number of imidazole rings is 1. The molecule has 7 nitrogen and oxygen atoms in total. The van der Waals surface area contributed by atoms with Crippen molar-refractivity contribution in [2.75, 3.05) is 19.6 Å². The molecule has 1 spiro atoms. The lowest BCUT2D eigenvalue weighted by Gasteiger charge is -2.51. The van der Waals surface area contributed by atoms with Gasteiger partial charge < -0.3 is 14.8 Å². The van der Waals surface area contributed by atoms with E-state index in [9.17, 15) is 9.59 Å². The topological polar surface area (TPSA) is 70.5 Å². The van der Waals surface area contributed by atoms with Crippen molar-refractivity contribution in [2.24, 2.45) is 13.0 Å².